The lowest BCUT2D eigenvalue weighted by Crippen LogP contribution is -2.23. The van der Waals surface area contributed by atoms with Gasteiger partial charge in [0, 0.05) is 18.7 Å². The Kier molecular flexibility index (Phi) is 6.95. The first kappa shape index (κ1) is 18.9. The highest BCUT2D eigenvalue weighted by molar-refractivity contribution is 6.32. The average Bonchev–Trinajstić information content (AvgIpc) is 2.61. The van der Waals surface area contributed by atoms with E-state index in [1.165, 1.54) is 0 Å². The fourth-order valence-electron chi connectivity index (χ4n) is 2.46. The molecule has 6 heteroatoms. The van der Waals surface area contributed by atoms with Gasteiger partial charge in [-0.25, -0.2) is 0 Å². The summed E-state index contributed by atoms with van der Waals surface area (Å²) in [4.78, 5) is 12.1. The van der Waals surface area contributed by atoms with Crippen molar-refractivity contribution in [2.75, 3.05) is 19.5 Å². The summed E-state index contributed by atoms with van der Waals surface area (Å²) < 4.78 is 10.8. The van der Waals surface area contributed by atoms with Gasteiger partial charge in [0.15, 0.2) is 11.5 Å². The molecule has 2 aromatic rings. The van der Waals surface area contributed by atoms with Crippen LogP contribution < -0.4 is 20.5 Å². The molecule has 0 saturated heterocycles. The number of ether oxygens (including phenoxy) is 2. The van der Waals surface area contributed by atoms with E-state index < -0.39 is 0 Å². The van der Waals surface area contributed by atoms with Crippen LogP contribution in [-0.2, 0) is 17.8 Å². The molecule has 0 atom stereocenters. The molecule has 0 aromatic heterocycles. The van der Waals surface area contributed by atoms with E-state index >= 15 is 0 Å². The zero-order chi connectivity index (χ0) is 18.2. The molecule has 0 fully saturated rings. The first-order chi connectivity index (χ1) is 12.0. The van der Waals surface area contributed by atoms with Gasteiger partial charge < -0.3 is 20.5 Å². The summed E-state index contributed by atoms with van der Waals surface area (Å²) in [7, 11) is 1.56. The number of aryl methyl sites for hydroxylation is 1. The number of amides is 1. The number of hydrogen-bond donors (Lipinski definition) is 2. The molecular weight excluding hydrogens is 340 g/mol. The quantitative estimate of drug-likeness (QED) is 0.704. The average molecular weight is 363 g/mol. The zero-order valence-corrected chi connectivity index (χ0v) is 15.2. The van der Waals surface area contributed by atoms with Crippen molar-refractivity contribution in [2.45, 2.75) is 26.3 Å². The molecule has 0 aliphatic rings. The van der Waals surface area contributed by atoms with E-state index in [2.05, 4.69) is 5.32 Å². The third kappa shape index (κ3) is 5.29. The minimum atomic E-state index is -0.0489. The Labute approximate surface area is 153 Å². The molecule has 0 heterocycles. The smallest absolute Gasteiger partial charge is 0.220 e. The molecule has 134 valence electrons. The molecule has 0 radical (unpaired) electrons. The van der Waals surface area contributed by atoms with E-state index in [4.69, 9.17) is 26.8 Å². The van der Waals surface area contributed by atoms with Crippen molar-refractivity contribution in [3.63, 3.8) is 0 Å². The van der Waals surface area contributed by atoms with E-state index in [9.17, 15) is 4.79 Å². The number of anilines is 1. The maximum Gasteiger partial charge on any atom is 0.220 e. The predicted molar refractivity (Wildman–Crippen MR) is 100 cm³/mol. The van der Waals surface area contributed by atoms with Crippen molar-refractivity contribution < 1.29 is 14.3 Å². The number of nitrogens with two attached hydrogens (primary N) is 1. The Hall–Kier alpha value is -2.40. The number of halogens is 1. The van der Waals surface area contributed by atoms with Crippen LogP contribution in [0.2, 0.25) is 5.02 Å². The maximum absolute atomic E-state index is 12.1. The number of nitrogen functional groups attached to an aromatic ring is 1. The first-order valence-electron chi connectivity index (χ1n) is 8.14. The highest BCUT2D eigenvalue weighted by Crippen LogP contribution is 2.36. The van der Waals surface area contributed by atoms with Gasteiger partial charge in [-0.05, 0) is 42.7 Å². The fourth-order valence-corrected chi connectivity index (χ4v) is 2.75. The van der Waals surface area contributed by atoms with Gasteiger partial charge in [0.25, 0.3) is 0 Å². The molecule has 0 spiro atoms. The molecule has 2 aromatic carbocycles. The van der Waals surface area contributed by atoms with Crippen molar-refractivity contribution >= 4 is 23.2 Å². The molecule has 5 nitrogen and oxygen atoms in total. The second-order valence-electron chi connectivity index (χ2n) is 5.52. The summed E-state index contributed by atoms with van der Waals surface area (Å²) in [5.41, 5.74) is 8.41. The summed E-state index contributed by atoms with van der Waals surface area (Å²) in [5, 5.41) is 3.34. The fraction of sp³-hybridized carbons (Fsp3) is 0.316. The molecule has 0 unspecified atom stereocenters. The second kappa shape index (κ2) is 9.18. The van der Waals surface area contributed by atoms with Crippen LogP contribution in [0.5, 0.6) is 11.5 Å². The number of benzene rings is 2. The predicted octanol–water partition coefficient (Wildman–Crippen LogP) is 3.58. The lowest BCUT2D eigenvalue weighted by molar-refractivity contribution is -0.121. The number of carbonyl (C=O) groups excluding carboxylic acids is 1. The van der Waals surface area contributed by atoms with Crippen molar-refractivity contribution in [1.29, 1.82) is 0 Å². The van der Waals surface area contributed by atoms with Crippen LogP contribution >= 0.6 is 11.6 Å². The number of nitrogens with one attached hydrogen (secondary N) is 1. The number of hydrogen-bond acceptors (Lipinski definition) is 4. The summed E-state index contributed by atoms with van der Waals surface area (Å²) >= 11 is 6.23. The normalized spacial score (nSPS) is 10.4. The largest absolute Gasteiger partial charge is 0.493 e. The number of methoxy groups -OCH3 is 1. The number of rotatable bonds is 8. The van der Waals surface area contributed by atoms with Crippen LogP contribution in [0.3, 0.4) is 0 Å². The Bertz CT molecular complexity index is 735. The molecule has 0 aliphatic carbocycles. The van der Waals surface area contributed by atoms with Gasteiger partial charge in [0.2, 0.25) is 5.91 Å². The van der Waals surface area contributed by atoms with Crippen LogP contribution in [0.4, 0.5) is 5.69 Å². The lowest BCUT2D eigenvalue weighted by Gasteiger charge is -2.13. The highest BCUT2D eigenvalue weighted by Gasteiger charge is 2.12. The van der Waals surface area contributed by atoms with Crippen LogP contribution in [0.25, 0.3) is 0 Å². The lowest BCUT2D eigenvalue weighted by atomic mass is 10.1. The van der Waals surface area contributed by atoms with Crippen molar-refractivity contribution in [3.05, 3.63) is 52.5 Å². The highest BCUT2D eigenvalue weighted by atomic mass is 35.5. The van der Waals surface area contributed by atoms with Crippen LogP contribution in [0.15, 0.2) is 36.4 Å². The van der Waals surface area contributed by atoms with Crippen LogP contribution in [0.1, 0.15) is 24.5 Å². The van der Waals surface area contributed by atoms with Crippen molar-refractivity contribution in [1.82, 2.24) is 5.32 Å². The maximum atomic E-state index is 12.1. The Balaban J connectivity index is 1.93. The molecular formula is C19H23ClN2O3. The third-order valence-electron chi connectivity index (χ3n) is 3.74. The molecule has 0 bridgehead atoms. The minimum Gasteiger partial charge on any atom is -0.493 e. The number of para-hydroxylation sites is 1. The Morgan fingerprint density at radius 3 is 2.72 bits per heavy atom. The Morgan fingerprint density at radius 1 is 1.28 bits per heavy atom. The minimum absolute atomic E-state index is 0.0489. The monoisotopic (exact) mass is 362 g/mol. The van der Waals surface area contributed by atoms with Crippen LogP contribution in [0, 0.1) is 0 Å². The van der Waals surface area contributed by atoms with Gasteiger partial charge in [0.05, 0.1) is 18.7 Å². The van der Waals surface area contributed by atoms with Gasteiger partial charge in [-0.15, -0.1) is 0 Å². The van der Waals surface area contributed by atoms with E-state index in [-0.39, 0.29) is 5.91 Å². The van der Waals surface area contributed by atoms with E-state index in [1.807, 2.05) is 37.3 Å². The summed E-state index contributed by atoms with van der Waals surface area (Å²) in [6, 6.07) is 11.1. The van der Waals surface area contributed by atoms with Gasteiger partial charge in [0.1, 0.15) is 0 Å². The SMILES string of the molecule is CCOc1c(Cl)cc(CNC(=O)CCc2ccccc2N)cc1OC. The molecule has 0 saturated carbocycles. The van der Waals surface area contributed by atoms with Gasteiger partial charge in [-0.3, -0.25) is 4.79 Å². The third-order valence-corrected chi connectivity index (χ3v) is 4.02. The van der Waals surface area contributed by atoms with E-state index in [0.717, 1.165) is 11.1 Å². The summed E-state index contributed by atoms with van der Waals surface area (Å²) in [6.07, 6.45) is 0.974. The van der Waals surface area contributed by atoms with E-state index in [1.54, 1.807) is 13.2 Å². The molecule has 0 aliphatic heterocycles. The molecule has 3 N–H and O–H groups in total. The molecule has 25 heavy (non-hydrogen) atoms. The van der Waals surface area contributed by atoms with Gasteiger partial charge in [-0.1, -0.05) is 29.8 Å². The topological polar surface area (TPSA) is 73.6 Å². The summed E-state index contributed by atoms with van der Waals surface area (Å²) in [5.74, 6) is 1.02. The first-order valence-corrected chi connectivity index (χ1v) is 8.52. The number of carbonyl (C=O) groups is 1. The zero-order valence-electron chi connectivity index (χ0n) is 14.5. The van der Waals surface area contributed by atoms with E-state index in [0.29, 0.717) is 48.2 Å². The van der Waals surface area contributed by atoms with Crippen LogP contribution in [-0.4, -0.2) is 19.6 Å². The standard InChI is InChI=1S/C19H23ClN2O3/c1-3-25-19-15(20)10-13(11-17(19)24-2)12-22-18(23)9-8-14-6-4-5-7-16(14)21/h4-7,10-11H,3,8-9,12,21H2,1-2H3,(H,22,23). The van der Waals surface area contributed by atoms with Crippen molar-refractivity contribution in [2.24, 2.45) is 0 Å². The molecule has 1 amide bonds. The van der Waals surface area contributed by atoms with Gasteiger partial charge >= 0.3 is 0 Å². The van der Waals surface area contributed by atoms with Gasteiger partial charge in [-0.2, -0.15) is 0 Å². The van der Waals surface area contributed by atoms with Crippen molar-refractivity contribution in [3.8, 4) is 11.5 Å². The summed E-state index contributed by atoms with van der Waals surface area (Å²) in [6.45, 7) is 2.74. The Morgan fingerprint density at radius 2 is 2.04 bits per heavy atom. The molecule has 2 rings (SSSR count). The second-order valence-corrected chi connectivity index (χ2v) is 5.92.